The van der Waals surface area contributed by atoms with Crippen LogP contribution in [-0.4, -0.2) is 48.6 Å². The molecule has 0 fully saturated rings. The van der Waals surface area contributed by atoms with Crippen LogP contribution in [0.4, 0.5) is 11.6 Å². The zero-order valence-corrected chi connectivity index (χ0v) is 12.5. The fourth-order valence-electron chi connectivity index (χ4n) is 2.12. The highest BCUT2D eigenvalue weighted by atomic mass is 15.3. The molecule has 0 amide bonds. The lowest BCUT2D eigenvalue weighted by molar-refractivity contribution is 0.400. The van der Waals surface area contributed by atoms with Crippen molar-refractivity contribution < 1.29 is 0 Å². The minimum Gasteiger partial charge on any atom is -0.356 e. The van der Waals surface area contributed by atoms with Crippen molar-refractivity contribution in [1.29, 1.82) is 0 Å². The average molecular weight is 266 g/mol. The predicted molar refractivity (Wildman–Crippen MR) is 80.3 cm³/mol. The summed E-state index contributed by atoms with van der Waals surface area (Å²) < 4.78 is 0. The van der Waals surface area contributed by atoms with Gasteiger partial charge in [0.05, 0.1) is 0 Å². The molecule has 0 saturated carbocycles. The first kappa shape index (κ1) is 15.7. The SMILES string of the molecule is CCc1c(NN)ncnc1N(CC)CCCN(C)C. The third-order valence-corrected chi connectivity index (χ3v) is 3.13. The number of nitrogen functional groups attached to an aromatic ring is 1. The number of hydrogen-bond acceptors (Lipinski definition) is 6. The van der Waals surface area contributed by atoms with Gasteiger partial charge in [-0.3, -0.25) is 0 Å². The first-order valence-electron chi connectivity index (χ1n) is 6.84. The van der Waals surface area contributed by atoms with Gasteiger partial charge >= 0.3 is 0 Å². The number of hydrazine groups is 1. The van der Waals surface area contributed by atoms with Crippen molar-refractivity contribution in [3.8, 4) is 0 Å². The topological polar surface area (TPSA) is 70.3 Å². The first-order chi connectivity index (χ1) is 9.13. The molecule has 3 N–H and O–H groups in total. The zero-order chi connectivity index (χ0) is 14.3. The van der Waals surface area contributed by atoms with Crippen LogP contribution >= 0.6 is 0 Å². The standard InChI is InChI=1S/C13H26N6/c1-5-11-12(17-14)15-10-16-13(11)19(6-2)9-7-8-18(3)4/h10H,5-9,14H2,1-4H3,(H,15,16,17). The number of hydrogen-bond donors (Lipinski definition) is 2. The van der Waals surface area contributed by atoms with Crippen LogP contribution in [0.25, 0.3) is 0 Å². The lowest BCUT2D eigenvalue weighted by atomic mass is 10.2. The molecule has 0 aliphatic rings. The molecule has 1 aromatic heterocycles. The maximum Gasteiger partial charge on any atom is 0.148 e. The molecule has 1 heterocycles. The van der Waals surface area contributed by atoms with Crippen LogP contribution < -0.4 is 16.2 Å². The Morgan fingerprint density at radius 2 is 1.95 bits per heavy atom. The van der Waals surface area contributed by atoms with Crippen molar-refractivity contribution >= 4 is 11.6 Å². The van der Waals surface area contributed by atoms with Crippen LogP contribution in [0.15, 0.2) is 6.33 Å². The molecule has 0 bridgehead atoms. The zero-order valence-electron chi connectivity index (χ0n) is 12.5. The number of anilines is 2. The van der Waals surface area contributed by atoms with E-state index in [-0.39, 0.29) is 0 Å². The number of nitrogens with zero attached hydrogens (tertiary/aromatic N) is 4. The smallest absolute Gasteiger partial charge is 0.148 e. The Balaban J connectivity index is 2.85. The molecular formula is C13H26N6. The minimum atomic E-state index is 0.721. The summed E-state index contributed by atoms with van der Waals surface area (Å²) in [6.07, 6.45) is 3.54. The molecule has 1 rings (SSSR count). The van der Waals surface area contributed by atoms with Crippen LogP contribution in [0.1, 0.15) is 25.8 Å². The van der Waals surface area contributed by atoms with Crippen LogP contribution in [0.5, 0.6) is 0 Å². The number of aromatic nitrogens is 2. The van der Waals surface area contributed by atoms with Crippen molar-refractivity contribution in [2.45, 2.75) is 26.7 Å². The first-order valence-corrected chi connectivity index (χ1v) is 6.84. The van der Waals surface area contributed by atoms with E-state index in [1.807, 2.05) is 0 Å². The van der Waals surface area contributed by atoms with Gasteiger partial charge in [0.15, 0.2) is 0 Å². The van der Waals surface area contributed by atoms with Gasteiger partial charge in [-0.25, -0.2) is 15.8 Å². The molecule has 108 valence electrons. The number of nitrogens with two attached hydrogens (primary N) is 1. The Kier molecular flexibility index (Phi) is 6.52. The summed E-state index contributed by atoms with van der Waals surface area (Å²) in [5.74, 6) is 7.22. The van der Waals surface area contributed by atoms with E-state index in [0.717, 1.165) is 49.7 Å². The van der Waals surface area contributed by atoms with Crippen LogP contribution in [-0.2, 0) is 6.42 Å². The van der Waals surface area contributed by atoms with Gasteiger partial charge in [-0.1, -0.05) is 6.92 Å². The molecule has 0 spiro atoms. The molecule has 6 heteroatoms. The van der Waals surface area contributed by atoms with Gasteiger partial charge in [0.2, 0.25) is 0 Å². The molecule has 1 aromatic rings. The van der Waals surface area contributed by atoms with E-state index in [9.17, 15) is 0 Å². The minimum absolute atomic E-state index is 0.721. The summed E-state index contributed by atoms with van der Waals surface area (Å²) in [6, 6.07) is 0. The normalized spacial score (nSPS) is 10.8. The van der Waals surface area contributed by atoms with Crippen LogP contribution in [0.2, 0.25) is 0 Å². The fraction of sp³-hybridized carbons (Fsp3) is 0.692. The highest BCUT2D eigenvalue weighted by molar-refractivity contribution is 5.58. The van der Waals surface area contributed by atoms with Crippen molar-refractivity contribution in [3.63, 3.8) is 0 Å². The van der Waals surface area contributed by atoms with E-state index >= 15 is 0 Å². The van der Waals surface area contributed by atoms with Gasteiger partial charge in [0.25, 0.3) is 0 Å². The summed E-state index contributed by atoms with van der Waals surface area (Å²) in [5, 5.41) is 0. The molecule has 0 atom stereocenters. The second kappa shape index (κ2) is 7.91. The molecule has 0 saturated heterocycles. The molecule has 0 aliphatic carbocycles. The monoisotopic (exact) mass is 266 g/mol. The van der Waals surface area contributed by atoms with Crippen LogP contribution in [0, 0.1) is 0 Å². The van der Waals surface area contributed by atoms with E-state index in [4.69, 9.17) is 5.84 Å². The summed E-state index contributed by atoms with van der Waals surface area (Å²) in [4.78, 5) is 13.1. The van der Waals surface area contributed by atoms with E-state index in [0.29, 0.717) is 0 Å². The van der Waals surface area contributed by atoms with E-state index in [1.165, 1.54) is 0 Å². The summed E-state index contributed by atoms with van der Waals surface area (Å²) >= 11 is 0. The predicted octanol–water partition coefficient (Wildman–Crippen LogP) is 1.10. The molecular weight excluding hydrogens is 240 g/mol. The average Bonchev–Trinajstić information content (AvgIpc) is 2.42. The quantitative estimate of drug-likeness (QED) is 0.542. The summed E-state index contributed by atoms with van der Waals surface area (Å²) in [7, 11) is 4.18. The Morgan fingerprint density at radius 3 is 2.47 bits per heavy atom. The Hall–Kier alpha value is -1.40. The van der Waals surface area contributed by atoms with Gasteiger partial charge in [0.1, 0.15) is 18.0 Å². The maximum absolute atomic E-state index is 5.51. The molecule has 0 radical (unpaired) electrons. The number of nitrogens with one attached hydrogen (secondary N) is 1. The van der Waals surface area contributed by atoms with Crippen molar-refractivity contribution in [2.24, 2.45) is 5.84 Å². The lowest BCUT2D eigenvalue weighted by Gasteiger charge is -2.25. The van der Waals surface area contributed by atoms with Crippen LogP contribution in [0.3, 0.4) is 0 Å². The lowest BCUT2D eigenvalue weighted by Crippen LogP contribution is -2.29. The molecule has 0 aliphatic heterocycles. The van der Waals surface area contributed by atoms with E-state index < -0.39 is 0 Å². The molecule has 0 unspecified atom stereocenters. The Labute approximate surface area is 116 Å². The highest BCUT2D eigenvalue weighted by Crippen LogP contribution is 2.23. The second-order valence-electron chi connectivity index (χ2n) is 4.76. The van der Waals surface area contributed by atoms with Gasteiger partial charge in [-0.15, -0.1) is 0 Å². The molecule has 6 nitrogen and oxygen atoms in total. The molecule has 0 aromatic carbocycles. The number of rotatable bonds is 8. The van der Waals surface area contributed by atoms with Crippen molar-refractivity contribution in [1.82, 2.24) is 14.9 Å². The van der Waals surface area contributed by atoms with Gasteiger partial charge in [-0.2, -0.15) is 0 Å². The van der Waals surface area contributed by atoms with Gasteiger partial charge in [-0.05, 0) is 40.4 Å². The van der Waals surface area contributed by atoms with E-state index in [1.54, 1.807) is 6.33 Å². The fourth-order valence-corrected chi connectivity index (χ4v) is 2.12. The Bertz CT molecular complexity index is 379. The largest absolute Gasteiger partial charge is 0.356 e. The summed E-state index contributed by atoms with van der Waals surface area (Å²) in [5.41, 5.74) is 3.73. The summed E-state index contributed by atoms with van der Waals surface area (Å²) in [6.45, 7) is 7.23. The molecule has 19 heavy (non-hydrogen) atoms. The third-order valence-electron chi connectivity index (χ3n) is 3.13. The second-order valence-corrected chi connectivity index (χ2v) is 4.76. The Morgan fingerprint density at radius 1 is 1.21 bits per heavy atom. The van der Waals surface area contributed by atoms with Crippen molar-refractivity contribution in [3.05, 3.63) is 11.9 Å². The van der Waals surface area contributed by atoms with Gasteiger partial charge in [0, 0.05) is 18.7 Å². The third kappa shape index (κ3) is 4.33. The van der Waals surface area contributed by atoms with E-state index in [2.05, 4.69) is 53.1 Å². The maximum atomic E-state index is 5.51. The van der Waals surface area contributed by atoms with Crippen molar-refractivity contribution in [2.75, 3.05) is 44.1 Å². The highest BCUT2D eigenvalue weighted by Gasteiger charge is 2.14. The van der Waals surface area contributed by atoms with Gasteiger partial charge < -0.3 is 15.2 Å².